The van der Waals surface area contributed by atoms with Crippen LogP contribution in [0.25, 0.3) is 5.70 Å². The third-order valence-electron chi connectivity index (χ3n) is 5.09. The van der Waals surface area contributed by atoms with Crippen molar-refractivity contribution in [2.24, 2.45) is 0 Å². The number of fused-ring (bicyclic) bond motifs is 1. The molecule has 11 heteroatoms. The highest BCUT2D eigenvalue weighted by Crippen LogP contribution is 2.49. The van der Waals surface area contributed by atoms with Gasteiger partial charge in [-0.1, -0.05) is 6.07 Å². The van der Waals surface area contributed by atoms with Gasteiger partial charge in [0.2, 0.25) is 0 Å². The van der Waals surface area contributed by atoms with Gasteiger partial charge in [-0.2, -0.15) is 22.0 Å². The number of thiocarbonyl (C=S) groups is 1. The molecule has 0 atom stereocenters. The van der Waals surface area contributed by atoms with E-state index in [1.165, 1.54) is 24.4 Å². The first-order chi connectivity index (χ1) is 14.7. The summed E-state index contributed by atoms with van der Waals surface area (Å²) in [5.41, 5.74) is -3.05. The van der Waals surface area contributed by atoms with Crippen LogP contribution in [-0.4, -0.2) is 28.5 Å². The number of pyridine rings is 1. The molecule has 0 aliphatic carbocycles. The topological polar surface area (TPSA) is 55.3 Å². The summed E-state index contributed by atoms with van der Waals surface area (Å²) in [6, 6.07) is 6.01. The predicted octanol–water partition coefficient (Wildman–Crippen LogP) is 4.29. The Morgan fingerprint density at radius 2 is 1.78 bits per heavy atom. The van der Waals surface area contributed by atoms with E-state index in [1.807, 2.05) is 0 Å². The van der Waals surface area contributed by atoms with Crippen LogP contribution in [0.3, 0.4) is 0 Å². The number of hydrogen-bond donors (Lipinski definition) is 2. The standard InChI is InChI=1S/C21H20F5N3O2S/c1-11-12(20(22,23)21(24,25)26)8-9-13-15(11)16(29-10-6-5-7-14(29)30)17(19(2,3)31-13)28-18(32)27-4/h5-10H,1-4H3,(H2,27,28,32). The van der Waals surface area contributed by atoms with Gasteiger partial charge in [-0.15, -0.1) is 0 Å². The van der Waals surface area contributed by atoms with Crippen molar-refractivity contribution < 1.29 is 26.7 Å². The average Bonchev–Trinajstić information content (AvgIpc) is 2.68. The van der Waals surface area contributed by atoms with Crippen molar-refractivity contribution in [2.75, 3.05) is 7.05 Å². The van der Waals surface area contributed by atoms with Crippen molar-refractivity contribution in [2.45, 2.75) is 38.5 Å². The van der Waals surface area contributed by atoms with E-state index in [0.717, 1.165) is 17.6 Å². The highest BCUT2D eigenvalue weighted by Gasteiger charge is 2.59. The highest BCUT2D eigenvalue weighted by atomic mass is 32.1. The van der Waals surface area contributed by atoms with Gasteiger partial charge in [-0.25, -0.2) is 0 Å². The molecule has 1 aromatic carbocycles. The Kier molecular flexibility index (Phi) is 5.83. The molecule has 0 fully saturated rings. The lowest BCUT2D eigenvalue weighted by atomic mass is 9.88. The van der Waals surface area contributed by atoms with Gasteiger partial charge >= 0.3 is 12.1 Å². The fraction of sp³-hybridized carbons (Fsp3) is 0.333. The third kappa shape index (κ3) is 3.85. The van der Waals surface area contributed by atoms with Crippen LogP contribution in [0.2, 0.25) is 0 Å². The Bertz CT molecular complexity index is 1170. The number of hydrogen-bond acceptors (Lipinski definition) is 3. The maximum absolute atomic E-state index is 14.3. The second-order valence-electron chi connectivity index (χ2n) is 7.63. The second kappa shape index (κ2) is 7.88. The summed E-state index contributed by atoms with van der Waals surface area (Å²) in [5, 5.41) is 5.74. The van der Waals surface area contributed by atoms with E-state index < -0.39 is 28.8 Å². The quantitative estimate of drug-likeness (QED) is 0.515. The predicted molar refractivity (Wildman–Crippen MR) is 114 cm³/mol. The number of nitrogens with zero attached hydrogens (tertiary/aromatic N) is 1. The number of ether oxygens (including phenoxy) is 1. The van der Waals surface area contributed by atoms with Gasteiger partial charge in [0.25, 0.3) is 5.56 Å². The number of rotatable bonds is 3. The first-order valence-electron chi connectivity index (χ1n) is 9.42. The van der Waals surface area contributed by atoms with Gasteiger partial charge in [-0.05, 0) is 56.8 Å². The summed E-state index contributed by atoms with van der Waals surface area (Å²) in [6.07, 6.45) is -4.41. The molecular formula is C21H20F5N3O2S. The van der Waals surface area contributed by atoms with Crippen LogP contribution in [0, 0.1) is 6.92 Å². The van der Waals surface area contributed by atoms with Crippen LogP contribution in [0.1, 0.15) is 30.5 Å². The van der Waals surface area contributed by atoms with Crippen LogP contribution < -0.4 is 20.9 Å². The second-order valence-corrected chi connectivity index (χ2v) is 8.04. The minimum absolute atomic E-state index is 0.0564. The normalized spacial score (nSPS) is 15.7. The molecule has 0 saturated heterocycles. The lowest BCUT2D eigenvalue weighted by molar-refractivity contribution is -0.289. The molecule has 3 rings (SSSR count). The van der Waals surface area contributed by atoms with Crippen molar-refractivity contribution in [1.29, 1.82) is 0 Å². The molecule has 2 heterocycles. The van der Waals surface area contributed by atoms with Crippen molar-refractivity contribution in [3.05, 3.63) is 69.3 Å². The first kappa shape index (κ1) is 23.7. The summed E-state index contributed by atoms with van der Waals surface area (Å²) in [5.74, 6) is -5.06. The summed E-state index contributed by atoms with van der Waals surface area (Å²) < 4.78 is 75.2. The van der Waals surface area contributed by atoms with E-state index in [4.69, 9.17) is 17.0 Å². The van der Waals surface area contributed by atoms with Crippen LogP contribution in [0.4, 0.5) is 22.0 Å². The molecule has 0 unspecified atom stereocenters. The Morgan fingerprint density at radius 3 is 2.34 bits per heavy atom. The van der Waals surface area contributed by atoms with Gasteiger partial charge < -0.3 is 15.4 Å². The van der Waals surface area contributed by atoms with Crippen LogP contribution in [0.5, 0.6) is 5.75 Å². The fourth-order valence-electron chi connectivity index (χ4n) is 3.53. The van der Waals surface area contributed by atoms with E-state index in [0.29, 0.717) is 6.07 Å². The monoisotopic (exact) mass is 473 g/mol. The molecule has 32 heavy (non-hydrogen) atoms. The van der Waals surface area contributed by atoms with Gasteiger partial charge in [-0.3, -0.25) is 9.36 Å². The molecular weight excluding hydrogens is 453 g/mol. The molecule has 1 aromatic heterocycles. The van der Waals surface area contributed by atoms with Gasteiger partial charge in [0.1, 0.15) is 11.4 Å². The molecule has 1 aliphatic rings. The van der Waals surface area contributed by atoms with Crippen molar-refractivity contribution in [3.63, 3.8) is 0 Å². The van der Waals surface area contributed by atoms with Gasteiger partial charge in [0.15, 0.2) is 5.11 Å². The molecule has 0 bridgehead atoms. The van der Waals surface area contributed by atoms with Crippen LogP contribution in [-0.2, 0) is 5.92 Å². The van der Waals surface area contributed by atoms with E-state index in [2.05, 4.69) is 10.6 Å². The molecule has 0 spiro atoms. The van der Waals surface area contributed by atoms with Crippen molar-refractivity contribution in [3.8, 4) is 5.75 Å². The Labute approximate surface area is 185 Å². The first-order valence-corrected chi connectivity index (χ1v) is 9.82. The minimum atomic E-state index is -5.80. The molecule has 172 valence electrons. The number of benzene rings is 1. The van der Waals surface area contributed by atoms with E-state index in [9.17, 15) is 26.7 Å². The zero-order valence-electron chi connectivity index (χ0n) is 17.5. The SMILES string of the molecule is CNC(=S)NC1=C(n2ccccc2=O)c2c(ccc(C(F)(F)C(F)(F)F)c2C)OC1(C)C. The van der Waals surface area contributed by atoms with E-state index in [1.54, 1.807) is 20.9 Å². The van der Waals surface area contributed by atoms with Gasteiger partial charge in [0.05, 0.1) is 11.4 Å². The summed E-state index contributed by atoms with van der Waals surface area (Å²) in [7, 11) is 1.54. The molecule has 5 nitrogen and oxygen atoms in total. The average molecular weight is 473 g/mol. The smallest absolute Gasteiger partial charge is 0.458 e. The van der Waals surface area contributed by atoms with Crippen LogP contribution in [0.15, 0.2) is 47.0 Å². The molecule has 1 aliphatic heterocycles. The maximum Gasteiger partial charge on any atom is 0.458 e. The van der Waals surface area contributed by atoms with Crippen molar-refractivity contribution in [1.82, 2.24) is 15.2 Å². The molecule has 0 radical (unpaired) electrons. The lowest BCUT2D eigenvalue weighted by Crippen LogP contribution is -2.47. The van der Waals surface area contributed by atoms with Gasteiger partial charge in [0, 0.05) is 30.4 Å². The molecule has 2 aromatic rings. The van der Waals surface area contributed by atoms with Crippen LogP contribution >= 0.6 is 12.2 Å². The largest absolute Gasteiger partial charge is 0.481 e. The number of aromatic nitrogens is 1. The lowest BCUT2D eigenvalue weighted by Gasteiger charge is -2.39. The Balaban J connectivity index is 2.45. The highest BCUT2D eigenvalue weighted by molar-refractivity contribution is 7.80. The van der Waals surface area contributed by atoms with E-state index in [-0.39, 0.29) is 33.4 Å². The molecule has 0 amide bonds. The molecule has 0 saturated carbocycles. The summed E-state index contributed by atoms with van der Waals surface area (Å²) in [4.78, 5) is 12.7. The Hall–Kier alpha value is -2.95. The maximum atomic E-state index is 14.3. The number of nitrogens with one attached hydrogen (secondary N) is 2. The summed E-state index contributed by atoms with van der Waals surface area (Å²) in [6.45, 7) is 4.44. The fourth-order valence-corrected chi connectivity index (χ4v) is 3.64. The number of halogens is 5. The minimum Gasteiger partial charge on any atom is -0.481 e. The molecule has 2 N–H and O–H groups in total. The van der Waals surface area contributed by atoms with Crippen molar-refractivity contribution >= 4 is 23.0 Å². The number of alkyl halides is 5. The third-order valence-corrected chi connectivity index (χ3v) is 5.40. The zero-order valence-corrected chi connectivity index (χ0v) is 18.3. The van der Waals surface area contributed by atoms with E-state index >= 15 is 0 Å². The summed E-state index contributed by atoms with van der Waals surface area (Å²) >= 11 is 5.17. The zero-order chi connectivity index (χ0) is 24.1. The Morgan fingerprint density at radius 1 is 1.12 bits per heavy atom.